The van der Waals surface area contributed by atoms with Crippen LogP contribution < -0.4 is 4.65 Å². The Morgan fingerprint density at radius 2 is 1.11 bits per heavy atom. The molecule has 0 spiro atoms. The Kier molecular flexibility index (Phi) is 3.87. The van der Waals surface area contributed by atoms with Gasteiger partial charge in [-0.1, -0.05) is 0 Å². The Morgan fingerprint density at radius 3 is 1.11 bits per heavy atom. The van der Waals surface area contributed by atoms with Gasteiger partial charge in [0.2, 0.25) is 0 Å². The van der Waals surface area contributed by atoms with Crippen molar-refractivity contribution in [3.63, 3.8) is 0 Å². The monoisotopic (exact) mass is 241 g/mol. The van der Waals surface area contributed by atoms with E-state index < -0.39 is 13.7 Å². The van der Waals surface area contributed by atoms with Gasteiger partial charge < -0.3 is 4.65 Å². The van der Waals surface area contributed by atoms with Gasteiger partial charge >= 0.3 is 13.7 Å². The van der Waals surface area contributed by atoms with Gasteiger partial charge in [-0.2, -0.15) is 0 Å². The minimum Gasteiger partial charge on any atom is -0.312 e. The van der Waals surface area contributed by atoms with E-state index in [0.29, 0.717) is 0 Å². The van der Waals surface area contributed by atoms with E-state index in [2.05, 4.69) is 4.65 Å². The van der Waals surface area contributed by atoms with E-state index >= 15 is 0 Å². The molecular weight excluding hydrogens is 236 g/mol. The third-order valence-electron chi connectivity index (χ3n) is 0.439. The van der Waals surface area contributed by atoms with Crippen molar-refractivity contribution in [2.24, 2.45) is 0 Å². The average Bonchev–Trinajstić information content (AvgIpc) is 1.14. The SMILES string of the molecule is C[Si](Cl)(Cl)N[Si](C)(Cl)Cl. The van der Waals surface area contributed by atoms with Crippen LogP contribution in [0.5, 0.6) is 0 Å². The highest BCUT2D eigenvalue weighted by molar-refractivity contribution is 7.53. The Morgan fingerprint density at radius 1 is 0.889 bits per heavy atom. The lowest BCUT2D eigenvalue weighted by molar-refractivity contribution is 1.50. The molecule has 0 aromatic carbocycles. The molecule has 56 valence electrons. The largest absolute Gasteiger partial charge is 0.314 e. The predicted octanol–water partition coefficient (Wildman–Crippen LogP) is 2.67. The molecule has 7 heteroatoms. The molecule has 0 radical (unpaired) electrons. The van der Waals surface area contributed by atoms with Crippen molar-refractivity contribution in [2.45, 2.75) is 13.1 Å². The van der Waals surface area contributed by atoms with E-state index in [9.17, 15) is 0 Å². The number of halogens is 4. The number of nitrogens with one attached hydrogen (secondary N) is 1. The quantitative estimate of drug-likeness (QED) is 0.580. The first kappa shape index (κ1) is 10.6. The van der Waals surface area contributed by atoms with Gasteiger partial charge in [0.25, 0.3) is 0 Å². The van der Waals surface area contributed by atoms with Crippen LogP contribution in [0.1, 0.15) is 0 Å². The second-order valence-electron chi connectivity index (χ2n) is 1.90. The molecule has 0 rings (SSSR count). The minimum atomic E-state index is -2.30. The molecule has 0 aromatic heterocycles. The zero-order chi connectivity index (χ0) is 7.71. The lowest BCUT2D eigenvalue weighted by Gasteiger charge is -2.18. The Hall–Kier alpha value is 1.55. The van der Waals surface area contributed by atoms with Crippen LogP contribution in [0.3, 0.4) is 0 Å². The zero-order valence-electron chi connectivity index (χ0n) is 5.01. The van der Waals surface area contributed by atoms with E-state index in [1.165, 1.54) is 0 Å². The highest BCUT2D eigenvalue weighted by atomic mass is 35.7. The summed E-state index contributed by atoms with van der Waals surface area (Å²) in [5.41, 5.74) is 0. The first-order valence-corrected chi connectivity index (χ1v) is 11.3. The van der Waals surface area contributed by atoms with Crippen LogP contribution in [0.2, 0.25) is 13.1 Å². The first-order chi connectivity index (χ1) is 3.71. The van der Waals surface area contributed by atoms with Crippen molar-refractivity contribution in [1.82, 2.24) is 4.65 Å². The summed E-state index contributed by atoms with van der Waals surface area (Å²) in [6, 6.07) is 0. The number of hydrogen-bond donors (Lipinski definition) is 1. The first-order valence-electron chi connectivity index (χ1n) is 2.26. The van der Waals surface area contributed by atoms with Crippen LogP contribution >= 0.6 is 44.3 Å². The van der Waals surface area contributed by atoms with Gasteiger partial charge in [-0.15, -0.1) is 44.3 Å². The average molecular weight is 243 g/mol. The Labute approximate surface area is 75.6 Å². The molecule has 0 heterocycles. The summed E-state index contributed by atoms with van der Waals surface area (Å²) in [5, 5.41) is 0. The van der Waals surface area contributed by atoms with E-state index in [1.54, 1.807) is 13.1 Å². The van der Waals surface area contributed by atoms with Crippen molar-refractivity contribution in [3.05, 3.63) is 0 Å². The van der Waals surface area contributed by atoms with Crippen LogP contribution in [0.25, 0.3) is 0 Å². The number of hydrogen-bond acceptors (Lipinski definition) is 1. The normalized spacial score (nSPS) is 14.0. The zero-order valence-corrected chi connectivity index (χ0v) is 10.0. The third kappa shape index (κ3) is 9.55. The minimum absolute atomic E-state index is 1.71. The standard InChI is InChI=1S/C2H7Cl4NSi2/c1-8(3,4)7-9(2,5)6/h7H,1-2H3. The van der Waals surface area contributed by atoms with Crippen molar-refractivity contribution in [3.8, 4) is 0 Å². The summed E-state index contributed by atoms with van der Waals surface area (Å²) < 4.78 is 2.80. The van der Waals surface area contributed by atoms with Crippen LogP contribution in [0.4, 0.5) is 0 Å². The van der Waals surface area contributed by atoms with Crippen LogP contribution in [-0.4, -0.2) is 13.7 Å². The molecular formula is C2H7Cl4NSi2. The Bertz CT molecular complexity index is 81.7. The van der Waals surface area contributed by atoms with Gasteiger partial charge in [0.1, 0.15) is 0 Å². The Balaban J connectivity index is 3.75. The van der Waals surface area contributed by atoms with Crippen molar-refractivity contribution in [1.29, 1.82) is 0 Å². The molecule has 1 nitrogen and oxygen atoms in total. The van der Waals surface area contributed by atoms with Crippen LogP contribution in [0.15, 0.2) is 0 Å². The molecule has 0 amide bonds. The fourth-order valence-corrected chi connectivity index (χ4v) is 12.0. The molecule has 0 atom stereocenters. The van der Waals surface area contributed by atoms with Gasteiger partial charge in [0.15, 0.2) is 0 Å². The molecule has 0 aromatic rings. The fraction of sp³-hybridized carbons (Fsp3) is 1.00. The summed E-state index contributed by atoms with van der Waals surface area (Å²) in [5.74, 6) is 0. The second kappa shape index (κ2) is 3.30. The van der Waals surface area contributed by atoms with Gasteiger partial charge in [-0.3, -0.25) is 0 Å². The van der Waals surface area contributed by atoms with Crippen molar-refractivity contribution in [2.75, 3.05) is 0 Å². The van der Waals surface area contributed by atoms with Gasteiger partial charge in [0.05, 0.1) is 0 Å². The predicted molar refractivity (Wildman–Crippen MR) is 49.8 cm³/mol. The molecule has 0 saturated carbocycles. The second-order valence-corrected chi connectivity index (χ2v) is 16.7. The van der Waals surface area contributed by atoms with Gasteiger partial charge in [-0.25, -0.2) is 0 Å². The smallest absolute Gasteiger partial charge is 0.312 e. The lowest BCUT2D eigenvalue weighted by Crippen LogP contribution is -2.50. The highest BCUT2D eigenvalue weighted by Crippen LogP contribution is 2.18. The van der Waals surface area contributed by atoms with Crippen LogP contribution in [-0.2, 0) is 0 Å². The summed E-state index contributed by atoms with van der Waals surface area (Å²) in [6.07, 6.45) is 0. The molecule has 1 N–H and O–H groups in total. The van der Waals surface area contributed by atoms with E-state index in [0.717, 1.165) is 0 Å². The molecule has 0 aliphatic rings. The fourth-order valence-electron chi connectivity index (χ4n) is 0.385. The van der Waals surface area contributed by atoms with E-state index in [1.807, 2.05) is 0 Å². The highest BCUT2D eigenvalue weighted by Gasteiger charge is 2.32. The molecule has 0 saturated heterocycles. The summed E-state index contributed by atoms with van der Waals surface area (Å²) in [6.45, 7) is -1.17. The van der Waals surface area contributed by atoms with Gasteiger partial charge in [0, 0.05) is 0 Å². The number of rotatable bonds is 2. The topological polar surface area (TPSA) is 12.0 Å². The van der Waals surface area contributed by atoms with Gasteiger partial charge in [-0.05, 0) is 13.1 Å². The van der Waals surface area contributed by atoms with E-state index in [-0.39, 0.29) is 0 Å². The van der Waals surface area contributed by atoms with E-state index in [4.69, 9.17) is 44.3 Å². The molecule has 0 aliphatic carbocycles. The van der Waals surface area contributed by atoms with Crippen LogP contribution in [0, 0.1) is 0 Å². The molecule has 0 fully saturated rings. The molecule has 9 heavy (non-hydrogen) atoms. The maximum absolute atomic E-state index is 5.68. The summed E-state index contributed by atoms with van der Waals surface area (Å²) >= 11 is 22.7. The molecule has 0 aliphatic heterocycles. The van der Waals surface area contributed by atoms with Crippen molar-refractivity contribution < 1.29 is 0 Å². The molecule has 0 unspecified atom stereocenters. The maximum atomic E-state index is 5.68. The lowest BCUT2D eigenvalue weighted by atomic mass is 11.9. The summed E-state index contributed by atoms with van der Waals surface area (Å²) in [4.78, 5) is 0. The maximum Gasteiger partial charge on any atom is 0.314 e. The third-order valence-corrected chi connectivity index (χ3v) is 7.35. The molecule has 0 bridgehead atoms. The van der Waals surface area contributed by atoms with Crippen molar-refractivity contribution >= 4 is 58.0 Å². The summed E-state index contributed by atoms with van der Waals surface area (Å²) in [7, 11) is 0.